The van der Waals surface area contributed by atoms with Crippen LogP contribution in [-0.4, -0.2) is 5.91 Å². The summed E-state index contributed by atoms with van der Waals surface area (Å²) in [7, 11) is 0. The predicted molar refractivity (Wildman–Crippen MR) is 52.5 cm³/mol. The first kappa shape index (κ1) is 9.44. The quantitative estimate of drug-likeness (QED) is 0.306. The van der Waals surface area contributed by atoms with Gasteiger partial charge in [0.2, 0.25) is 0 Å². The van der Waals surface area contributed by atoms with E-state index in [2.05, 4.69) is 23.6 Å². The molecule has 0 radical (unpaired) electrons. The molecule has 1 aromatic rings. The maximum absolute atomic E-state index is 11.0. The Morgan fingerprint density at radius 2 is 1.85 bits per heavy atom. The highest BCUT2D eigenvalue weighted by Gasteiger charge is 2.20. The number of anilines is 1. The van der Waals surface area contributed by atoms with Gasteiger partial charge in [-0.15, -0.1) is 0 Å². The highest BCUT2D eigenvalue weighted by atomic mass is 16.1. The molecule has 13 heavy (non-hydrogen) atoms. The van der Waals surface area contributed by atoms with Crippen LogP contribution in [0.25, 0.3) is 5.57 Å². The molecule has 1 aliphatic heterocycles. The lowest BCUT2D eigenvalue weighted by molar-refractivity contribution is -0.110. The number of nitrogens with one attached hydrogen (secondary N) is 1. The molecule has 0 bridgehead atoms. The van der Waals surface area contributed by atoms with E-state index in [1.165, 1.54) is 0 Å². The van der Waals surface area contributed by atoms with Gasteiger partial charge in [-0.2, -0.15) is 0 Å². The van der Waals surface area contributed by atoms with Gasteiger partial charge in [0, 0.05) is 16.8 Å². The van der Waals surface area contributed by atoms with Crippen molar-refractivity contribution in [2.45, 2.75) is 0 Å². The van der Waals surface area contributed by atoms with Crippen LogP contribution >= 0.6 is 0 Å². The highest BCUT2D eigenvalue weighted by Crippen LogP contribution is 2.29. The van der Waals surface area contributed by atoms with E-state index in [4.69, 9.17) is 0 Å². The van der Waals surface area contributed by atoms with Crippen molar-refractivity contribution in [3.05, 3.63) is 36.4 Å². The van der Waals surface area contributed by atoms with E-state index in [0.29, 0.717) is 5.57 Å². The Bertz CT molecular complexity index is 346. The minimum atomic E-state index is -0.0915. The molecule has 0 saturated heterocycles. The van der Waals surface area contributed by atoms with Gasteiger partial charge in [-0.3, -0.25) is 16.5 Å². The van der Waals surface area contributed by atoms with Gasteiger partial charge >= 0.3 is 0 Å². The number of carbonyl (C=O) groups excluding carboxylic acids is 1. The molecule has 0 aromatic heterocycles. The first-order valence-electron chi connectivity index (χ1n) is 3.72. The van der Waals surface area contributed by atoms with Crippen molar-refractivity contribution in [3.63, 3.8) is 0 Å². The molecule has 4 nitrogen and oxygen atoms in total. The molecule has 68 valence electrons. The summed E-state index contributed by atoms with van der Waals surface area (Å²) in [4.78, 5) is 11.0. The number of hydrazine groups is 1. The van der Waals surface area contributed by atoms with E-state index < -0.39 is 0 Å². The van der Waals surface area contributed by atoms with Gasteiger partial charge in [-0.25, -0.2) is 0 Å². The Morgan fingerprint density at radius 3 is 2.46 bits per heavy atom. The lowest BCUT2D eigenvalue weighted by Crippen LogP contribution is -2.02. The molecule has 1 aliphatic rings. The summed E-state index contributed by atoms with van der Waals surface area (Å²) in [5.74, 6) is 7.91. The van der Waals surface area contributed by atoms with Gasteiger partial charge in [0.25, 0.3) is 5.91 Å². The summed E-state index contributed by atoms with van der Waals surface area (Å²) in [6.45, 7) is 3.66. The van der Waals surface area contributed by atoms with Crippen LogP contribution in [0, 0.1) is 0 Å². The second-order valence-corrected chi connectivity index (χ2v) is 2.48. The Morgan fingerprint density at radius 1 is 1.23 bits per heavy atom. The first-order valence-corrected chi connectivity index (χ1v) is 3.72. The Hall–Kier alpha value is -1.65. The predicted octanol–water partition coefficient (Wildman–Crippen LogP) is 0.471. The Labute approximate surface area is 76.2 Å². The van der Waals surface area contributed by atoms with Gasteiger partial charge in [0.05, 0.1) is 0 Å². The summed E-state index contributed by atoms with van der Waals surface area (Å²) in [6.07, 6.45) is 0. The SMILES string of the molecule is C=C1C(=O)Nc2ccccc21.NN. The standard InChI is InChI=1S/C9H7NO.H4N2/c1-6-7-4-2-3-5-8(7)10-9(6)11;1-2/h2-5H,1H2,(H,10,11);1-2H2. The molecule has 1 aromatic carbocycles. The topological polar surface area (TPSA) is 81.1 Å². The molecule has 0 unspecified atom stereocenters. The summed E-state index contributed by atoms with van der Waals surface area (Å²) >= 11 is 0. The van der Waals surface area contributed by atoms with Gasteiger partial charge in [-0.1, -0.05) is 24.8 Å². The highest BCUT2D eigenvalue weighted by molar-refractivity contribution is 6.30. The van der Waals surface area contributed by atoms with Gasteiger partial charge in [-0.05, 0) is 6.07 Å². The van der Waals surface area contributed by atoms with Crippen LogP contribution in [0.4, 0.5) is 5.69 Å². The molecular formula is C9H11N3O. The fraction of sp³-hybridized carbons (Fsp3) is 0. The second kappa shape index (κ2) is 3.84. The molecule has 2 rings (SSSR count). The van der Waals surface area contributed by atoms with E-state index in [1.807, 2.05) is 24.3 Å². The molecular weight excluding hydrogens is 166 g/mol. The summed E-state index contributed by atoms with van der Waals surface area (Å²) in [6, 6.07) is 7.53. The molecule has 4 heteroatoms. The molecule has 0 saturated carbocycles. The number of hydrogen-bond acceptors (Lipinski definition) is 3. The fourth-order valence-corrected chi connectivity index (χ4v) is 1.18. The van der Waals surface area contributed by atoms with Crippen LogP contribution in [0.5, 0.6) is 0 Å². The third-order valence-electron chi connectivity index (χ3n) is 1.77. The number of amides is 1. The zero-order chi connectivity index (χ0) is 9.84. The van der Waals surface area contributed by atoms with Crippen LogP contribution in [0.1, 0.15) is 5.56 Å². The van der Waals surface area contributed by atoms with Crippen molar-refractivity contribution >= 4 is 17.2 Å². The maximum Gasteiger partial charge on any atom is 0.255 e. The van der Waals surface area contributed by atoms with E-state index in [0.717, 1.165) is 11.3 Å². The van der Waals surface area contributed by atoms with Gasteiger partial charge in [0.1, 0.15) is 0 Å². The average molecular weight is 177 g/mol. The van der Waals surface area contributed by atoms with E-state index in [-0.39, 0.29) is 5.91 Å². The zero-order valence-corrected chi connectivity index (χ0v) is 7.08. The normalized spacial score (nSPS) is 12.8. The van der Waals surface area contributed by atoms with Crippen LogP contribution in [0.3, 0.4) is 0 Å². The monoisotopic (exact) mass is 177 g/mol. The molecule has 0 aliphatic carbocycles. The number of benzene rings is 1. The molecule has 0 atom stereocenters. The number of fused-ring (bicyclic) bond motifs is 1. The smallest absolute Gasteiger partial charge is 0.255 e. The first-order chi connectivity index (χ1) is 6.29. The van der Waals surface area contributed by atoms with Crippen molar-refractivity contribution in [2.24, 2.45) is 11.7 Å². The van der Waals surface area contributed by atoms with Gasteiger partial charge in [0.15, 0.2) is 0 Å². The minimum Gasteiger partial charge on any atom is -0.321 e. The summed E-state index contributed by atoms with van der Waals surface area (Å²) in [5.41, 5.74) is 2.33. The van der Waals surface area contributed by atoms with Crippen molar-refractivity contribution < 1.29 is 4.79 Å². The minimum absolute atomic E-state index is 0.0915. The maximum atomic E-state index is 11.0. The van der Waals surface area contributed by atoms with Crippen molar-refractivity contribution in [1.82, 2.24) is 0 Å². The molecule has 1 amide bonds. The van der Waals surface area contributed by atoms with Crippen LogP contribution in [0.2, 0.25) is 0 Å². The van der Waals surface area contributed by atoms with Crippen LogP contribution in [-0.2, 0) is 4.79 Å². The largest absolute Gasteiger partial charge is 0.321 e. The number of hydrogen-bond donors (Lipinski definition) is 3. The van der Waals surface area contributed by atoms with E-state index in [9.17, 15) is 4.79 Å². The van der Waals surface area contributed by atoms with Crippen molar-refractivity contribution in [1.29, 1.82) is 0 Å². The van der Waals surface area contributed by atoms with Crippen LogP contribution in [0.15, 0.2) is 30.8 Å². The summed E-state index contributed by atoms with van der Waals surface area (Å²) < 4.78 is 0. The van der Waals surface area contributed by atoms with E-state index in [1.54, 1.807) is 0 Å². The van der Waals surface area contributed by atoms with Crippen molar-refractivity contribution in [2.75, 3.05) is 5.32 Å². The fourth-order valence-electron chi connectivity index (χ4n) is 1.18. The Kier molecular flexibility index (Phi) is 2.79. The summed E-state index contributed by atoms with van der Waals surface area (Å²) in [5, 5.41) is 2.71. The second-order valence-electron chi connectivity index (χ2n) is 2.48. The molecule has 5 N–H and O–H groups in total. The lowest BCUT2D eigenvalue weighted by atomic mass is 10.1. The number of nitrogens with two attached hydrogens (primary N) is 2. The third kappa shape index (κ3) is 1.58. The lowest BCUT2D eigenvalue weighted by Gasteiger charge is -1.93. The molecule has 0 spiro atoms. The third-order valence-corrected chi connectivity index (χ3v) is 1.77. The van der Waals surface area contributed by atoms with Gasteiger partial charge < -0.3 is 5.32 Å². The number of rotatable bonds is 0. The molecule has 0 fully saturated rings. The number of carbonyl (C=O) groups is 1. The average Bonchev–Trinajstić information content (AvgIpc) is 2.47. The zero-order valence-electron chi connectivity index (χ0n) is 7.08. The van der Waals surface area contributed by atoms with Crippen LogP contribution < -0.4 is 17.0 Å². The molecule has 1 heterocycles. The number of para-hydroxylation sites is 1. The Balaban J connectivity index is 0.000000396. The van der Waals surface area contributed by atoms with E-state index >= 15 is 0 Å². The van der Waals surface area contributed by atoms with Crippen molar-refractivity contribution in [3.8, 4) is 0 Å².